The number of hydrogen-bond donors (Lipinski definition) is 1. The van der Waals surface area contributed by atoms with Crippen LogP contribution in [0.15, 0.2) is 46.5 Å². The van der Waals surface area contributed by atoms with Gasteiger partial charge in [0.1, 0.15) is 5.39 Å². The predicted molar refractivity (Wildman–Crippen MR) is 138 cm³/mol. The fourth-order valence-corrected chi connectivity index (χ4v) is 4.82. The highest BCUT2D eigenvalue weighted by atomic mass is 32.2. The van der Waals surface area contributed by atoms with E-state index in [4.69, 9.17) is 0 Å². The zero-order chi connectivity index (χ0) is 24.9. The second-order valence-electron chi connectivity index (χ2n) is 8.75. The maximum atomic E-state index is 13.0. The number of unbranched alkanes of at least 4 members (excludes halogenated alkanes) is 3. The maximum absolute atomic E-state index is 13.0. The van der Waals surface area contributed by atoms with Crippen molar-refractivity contribution in [1.29, 1.82) is 0 Å². The molecule has 0 saturated heterocycles. The Morgan fingerprint density at radius 3 is 2.46 bits per heavy atom. The molecule has 182 valence electrons. The molecule has 0 radical (unpaired) electrons. The van der Waals surface area contributed by atoms with Gasteiger partial charge >= 0.3 is 0 Å². The molecule has 9 heteroatoms. The number of aromatic nitrogens is 6. The monoisotopic (exact) mass is 490 g/mol. The Bertz CT molecular complexity index is 1370. The lowest BCUT2D eigenvalue weighted by Gasteiger charge is -2.11. The molecule has 0 spiro atoms. The Labute approximate surface area is 208 Å². The average Bonchev–Trinajstić information content (AvgIpc) is 3.26. The van der Waals surface area contributed by atoms with Crippen molar-refractivity contribution in [3.05, 3.63) is 69.4 Å². The number of fused-ring (bicyclic) bond motifs is 1. The molecule has 4 rings (SSSR count). The third-order valence-corrected chi connectivity index (χ3v) is 6.78. The van der Waals surface area contributed by atoms with E-state index in [0.29, 0.717) is 27.7 Å². The van der Waals surface area contributed by atoms with E-state index in [-0.39, 0.29) is 11.3 Å². The molecule has 0 fully saturated rings. The lowest BCUT2D eigenvalue weighted by molar-refractivity contribution is 0.0994. The Kier molecular flexibility index (Phi) is 7.75. The molecular weight excluding hydrogens is 460 g/mol. The number of thioether (sulfide) groups is 1. The first-order chi connectivity index (χ1) is 16.9. The van der Waals surface area contributed by atoms with Crippen LogP contribution in [-0.2, 0) is 6.42 Å². The van der Waals surface area contributed by atoms with E-state index >= 15 is 0 Å². The molecule has 0 amide bonds. The Balaban J connectivity index is 1.52. The summed E-state index contributed by atoms with van der Waals surface area (Å²) in [7, 11) is 0. The average molecular weight is 491 g/mol. The van der Waals surface area contributed by atoms with Gasteiger partial charge in [-0.2, -0.15) is 9.78 Å². The Morgan fingerprint density at radius 1 is 1.06 bits per heavy atom. The van der Waals surface area contributed by atoms with Crippen LogP contribution < -0.4 is 5.56 Å². The minimum Gasteiger partial charge on any atom is -0.301 e. The van der Waals surface area contributed by atoms with Gasteiger partial charge in [-0.1, -0.05) is 62.2 Å². The van der Waals surface area contributed by atoms with Crippen molar-refractivity contribution < 1.29 is 4.79 Å². The van der Waals surface area contributed by atoms with Crippen molar-refractivity contribution in [2.24, 2.45) is 0 Å². The molecular formula is C26H30N6O2S. The second-order valence-corrected chi connectivity index (χ2v) is 10.1. The number of nitrogens with one attached hydrogen (secondary N) is 1. The summed E-state index contributed by atoms with van der Waals surface area (Å²) in [5.74, 6) is 0.340. The standard InChI is InChI=1S/C26H30N6O2S/c1-5-6-7-8-9-19-10-12-20(13-11-19)22(33)18(4)35-26-30-23-21(24(34)31-26)15-27-32(23)25-28-16(2)14-17(3)29-25/h10-15,18H,5-9H2,1-4H3,(H,30,31,34)/t18-/m1/s1. The van der Waals surface area contributed by atoms with E-state index < -0.39 is 5.25 Å². The van der Waals surface area contributed by atoms with Crippen LogP contribution in [-0.4, -0.2) is 40.7 Å². The number of carbonyl (C=O) groups is 1. The van der Waals surface area contributed by atoms with Crippen molar-refractivity contribution in [3.8, 4) is 5.95 Å². The molecule has 0 bridgehead atoms. The summed E-state index contributed by atoms with van der Waals surface area (Å²) in [4.78, 5) is 41.9. The molecule has 1 aromatic carbocycles. The van der Waals surface area contributed by atoms with Crippen molar-refractivity contribution >= 4 is 28.6 Å². The second kappa shape index (κ2) is 10.9. The number of carbonyl (C=O) groups excluding carboxylic acids is 1. The lowest BCUT2D eigenvalue weighted by atomic mass is 10.0. The zero-order valence-electron chi connectivity index (χ0n) is 20.5. The highest BCUT2D eigenvalue weighted by Gasteiger charge is 2.20. The van der Waals surface area contributed by atoms with Gasteiger partial charge in [0.05, 0.1) is 11.4 Å². The Hall–Kier alpha value is -3.33. The minimum absolute atomic E-state index is 0.0126. The molecule has 35 heavy (non-hydrogen) atoms. The summed E-state index contributed by atoms with van der Waals surface area (Å²) in [5.41, 5.74) is 3.52. The predicted octanol–water partition coefficient (Wildman–Crippen LogP) is 5.00. The molecule has 3 heterocycles. The highest BCUT2D eigenvalue weighted by Crippen LogP contribution is 2.24. The summed E-state index contributed by atoms with van der Waals surface area (Å²) < 4.78 is 1.46. The largest absolute Gasteiger partial charge is 0.301 e. The molecule has 1 N–H and O–H groups in total. The first-order valence-electron chi connectivity index (χ1n) is 12.0. The number of hydrogen-bond acceptors (Lipinski definition) is 7. The number of rotatable bonds is 10. The first-order valence-corrected chi connectivity index (χ1v) is 12.8. The number of ketones is 1. The smallest absolute Gasteiger partial charge is 0.262 e. The van der Waals surface area contributed by atoms with Gasteiger partial charge in [-0.3, -0.25) is 9.59 Å². The van der Waals surface area contributed by atoms with Crippen molar-refractivity contribution in [3.63, 3.8) is 0 Å². The normalized spacial score (nSPS) is 12.2. The number of nitrogens with zero attached hydrogens (tertiary/aromatic N) is 5. The van der Waals surface area contributed by atoms with E-state index in [1.807, 2.05) is 51.1 Å². The molecule has 0 unspecified atom stereocenters. The topological polar surface area (TPSA) is 106 Å². The van der Waals surface area contributed by atoms with Crippen LogP contribution in [0.3, 0.4) is 0 Å². The summed E-state index contributed by atoms with van der Waals surface area (Å²) in [6.07, 6.45) is 7.35. The number of aryl methyl sites for hydroxylation is 3. The van der Waals surface area contributed by atoms with Gasteiger partial charge in [-0.15, -0.1) is 0 Å². The van der Waals surface area contributed by atoms with Crippen LogP contribution in [0, 0.1) is 13.8 Å². The van der Waals surface area contributed by atoms with Crippen molar-refractivity contribution in [1.82, 2.24) is 29.7 Å². The number of benzene rings is 1. The van der Waals surface area contributed by atoms with Crippen LogP contribution >= 0.6 is 11.8 Å². The van der Waals surface area contributed by atoms with Gasteiger partial charge in [-0.05, 0) is 45.2 Å². The minimum atomic E-state index is -0.431. The SMILES string of the molecule is CCCCCCc1ccc(C(=O)[C@@H](C)Sc2nc3c(cnn3-c3nc(C)cc(C)n3)c(=O)[nH]2)cc1. The third-order valence-electron chi connectivity index (χ3n) is 5.79. The molecule has 0 saturated carbocycles. The summed E-state index contributed by atoms with van der Waals surface area (Å²) in [5, 5.41) is 4.54. The lowest BCUT2D eigenvalue weighted by Crippen LogP contribution is -2.16. The van der Waals surface area contributed by atoms with Crippen molar-refractivity contribution in [2.75, 3.05) is 0 Å². The quantitative estimate of drug-likeness (QED) is 0.144. The van der Waals surface area contributed by atoms with Gasteiger partial charge in [0.15, 0.2) is 16.6 Å². The van der Waals surface area contributed by atoms with Crippen LogP contribution in [0.4, 0.5) is 0 Å². The van der Waals surface area contributed by atoms with Gasteiger partial charge in [0.2, 0.25) is 0 Å². The molecule has 1 atom stereocenters. The first kappa shape index (κ1) is 24.8. The maximum Gasteiger partial charge on any atom is 0.262 e. The molecule has 0 aliphatic carbocycles. The number of aromatic amines is 1. The van der Waals surface area contributed by atoms with Gasteiger partial charge < -0.3 is 4.98 Å². The van der Waals surface area contributed by atoms with E-state index in [2.05, 4.69) is 32.0 Å². The summed E-state index contributed by atoms with van der Waals surface area (Å²) in [6, 6.07) is 9.71. The number of H-pyrrole nitrogens is 1. The summed E-state index contributed by atoms with van der Waals surface area (Å²) >= 11 is 1.21. The zero-order valence-corrected chi connectivity index (χ0v) is 21.4. The van der Waals surface area contributed by atoms with E-state index in [9.17, 15) is 9.59 Å². The Morgan fingerprint density at radius 2 is 1.77 bits per heavy atom. The van der Waals surface area contributed by atoms with Crippen molar-refractivity contribution in [2.45, 2.75) is 70.2 Å². The third kappa shape index (κ3) is 5.85. The van der Waals surface area contributed by atoms with Crippen LogP contribution in [0.2, 0.25) is 0 Å². The van der Waals surface area contributed by atoms with Crippen LogP contribution in [0.5, 0.6) is 0 Å². The van der Waals surface area contributed by atoms with Gasteiger partial charge in [0.25, 0.3) is 11.5 Å². The molecule has 4 aromatic rings. The van der Waals surface area contributed by atoms with Gasteiger partial charge in [0, 0.05) is 17.0 Å². The molecule has 0 aliphatic rings. The molecule has 0 aliphatic heterocycles. The van der Waals surface area contributed by atoms with Crippen LogP contribution in [0.1, 0.15) is 66.8 Å². The summed E-state index contributed by atoms with van der Waals surface area (Å²) in [6.45, 7) is 7.77. The fourth-order valence-electron chi connectivity index (χ4n) is 3.95. The van der Waals surface area contributed by atoms with E-state index in [0.717, 1.165) is 17.8 Å². The highest BCUT2D eigenvalue weighted by molar-refractivity contribution is 8.00. The van der Waals surface area contributed by atoms with E-state index in [1.165, 1.54) is 53.9 Å². The van der Waals surface area contributed by atoms with E-state index in [1.54, 1.807) is 0 Å². The van der Waals surface area contributed by atoms with Gasteiger partial charge in [-0.25, -0.2) is 15.0 Å². The number of Topliss-reactive ketones (excluding diaryl/α,β-unsaturated/α-hetero) is 1. The molecule has 3 aromatic heterocycles. The molecule has 8 nitrogen and oxygen atoms in total. The van der Waals surface area contributed by atoms with Crippen LogP contribution in [0.25, 0.3) is 17.0 Å². The fraction of sp³-hybridized carbons (Fsp3) is 0.385.